The lowest BCUT2D eigenvalue weighted by atomic mass is 9.87. The number of rotatable bonds is 6. The minimum Gasteiger partial charge on any atom is -0.355 e. The fourth-order valence-electron chi connectivity index (χ4n) is 2.01. The Balaban J connectivity index is 2.48. The second-order valence-electron chi connectivity index (χ2n) is 5.38. The lowest BCUT2D eigenvalue weighted by molar-refractivity contribution is -0.129. The first kappa shape index (κ1) is 15.6. The Hall–Kier alpha value is -1.45. The molecule has 0 heterocycles. The van der Waals surface area contributed by atoms with Gasteiger partial charge in [0.2, 0.25) is 5.91 Å². The van der Waals surface area contributed by atoms with Crippen LogP contribution in [0.3, 0.4) is 0 Å². The summed E-state index contributed by atoms with van der Waals surface area (Å²) in [5.74, 6) is -1.19. The normalized spacial score (nSPS) is 11.4. The molecule has 0 fully saturated rings. The SMILES string of the molecule is CCCC(C)(C)C(=O)NCCc1ccc(F)cc1F. The third kappa shape index (κ3) is 4.62. The highest BCUT2D eigenvalue weighted by atomic mass is 19.1. The molecular formula is C15H21F2NO. The number of carbonyl (C=O) groups excluding carboxylic acids is 1. The van der Waals surface area contributed by atoms with Gasteiger partial charge in [0.25, 0.3) is 0 Å². The Morgan fingerprint density at radius 3 is 2.58 bits per heavy atom. The maximum atomic E-state index is 13.4. The summed E-state index contributed by atoms with van der Waals surface area (Å²) < 4.78 is 26.1. The van der Waals surface area contributed by atoms with Crippen LogP contribution in [-0.2, 0) is 11.2 Å². The van der Waals surface area contributed by atoms with E-state index in [2.05, 4.69) is 5.32 Å². The van der Waals surface area contributed by atoms with Gasteiger partial charge < -0.3 is 5.32 Å². The summed E-state index contributed by atoms with van der Waals surface area (Å²) in [4.78, 5) is 11.9. The van der Waals surface area contributed by atoms with Crippen LogP contribution in [0.1, 0.15) is 39.2 Å². The molecular weight excluding hydrogens is 248 g/mol. The zero-order valence-electron chi connectivity index (χ0n) is 11.7. The molecule has 0 atom stereocenters. The van der Waals surface area contributed by atoms with Gasteiger partial charge in [-0.1, -0.05) is 33.3 Å². The van der Waals surface area contributed by atoms with Gasteiger partial charge in [-0.2, -0.15) is 0 Å². The predicted molar refractivity (Wildman–Crippen MR) is 71.8 cm³/mol. The summed E-state index contributed by atoms with van der Waals surface area (Å²) in [6.45, 7) is 6.17. The highest BCUT2D eigenvalue weighted by Gasteiger charge is 2.25. The van der Waals surface area contributed by atoms with Crippen molar-refractivity contribution in [1.82, 2.24) is 5.32 Å². The van der Waals surface area contributed by atoms with Crippen LogP contribution in [-0.4, -0.2) is 12.5 Å². The second kappa shape index (κ2) is 6.64. The topological polar surface area (TPSA) is 29.1 Å². The summed E-state index contributed by atoms with van der Waals surface area (Å²) in [7, 11) is 0. The van der Waals surface area contributed by atoms with E-state index in [0.29, 0.717) is 18.5 Å². The highest BCUT2D eigenvalue weighted by molar-refractivity contribution is 5.81. The first-order chi connectivity index (χ1) is 8.86. The molecule has 0 aliphatic heterocycles. The molecule has 0 saturated carbocycles. The maximum absolute atomic E-state index is 13.4. The molecule has 1 N–H and O–H groups in total. The molecule has 0 aliphatic carbocycles. The molecule has 0 radical (unpaired) electrons. The first-order valence-electron chi connectivity index (χ1n) is 6.59. The molecule has 1 aromatic rings. The molecule has 0 saturated heterocycles. The molecule has 0 unspecified atom stereocenters. The van der Waals surface area contributed by atoms with Gasteiger partial charge >= 0.3 is 0 Å². The lowest BCUT2D eigenvalue weighted by Crippen LogP contribution is -2.37. The number of nitrogens with one attached hydrogen (secondary N) is 1. The van der Waals surface area contributed by atoms with E-state index in [1.165, 1.54) is 12.1 Å². The Labute approximate surface area is 113 Å². The summed E-state index contributed by atoms with van der Waals surface area (Å²) in [6, 6.07) is 3.49. The van der Waals surface area contributed by atoms with Crippen molar-refractivity contribution >= 4 is 5.91 Å². The van der Waals surface area contributed by atoms with Crippen LogP contribution in [0.15, 0.2) is 18.2 Å². The summed E-state index contributed by atoms with van der Waals surface area (Å²) in [6.07, 6.45) is 2.11. The third-order valence-electron chi connectivity index (χ3n) is 3.18. The zero-order valence-corrected chi connectivity index (χ0v) is 11.7. The molecule has 4 heteroatoms. The average Bonchev–Trinajstić information content (AvgIpc) is 2.31. The van der Waals surface area contributed by atoms with Crippen molar-refractivity contribution in [2.45, 2.75) is 40.0 Å². The van der Waals surface area contributed by atoms with Gasteiger partial charge in [-0.15, -0.1) is 0 Å². The second-order valence-corrected chi connectivity index (χ2v) is 5.38. The summed E-state index contributed by atoms with van der Waals surface area (Å²) >= 11 is 0. The Kier molecular flexibility index (Phi) is 5.45. The number of hydrogen-bond acceptors (Lipinski definition) is 1. The molecule has 1 amide bonds. The number of benzene rings is 1. The van der Waals surface area contributed by atoms with E-state index in [0.717, 1.165) is 18.9 Å². The van der Waals surface area contributed by atoms with Crippen LogP contribution in [0.4, 0.5) is 8.78 Å². The minimum absolute atomic E-state index is 0.0307. The van der Waals surface area contributed by atoms with Gasteiger partial charge in [0, 0.05) is 18.0 Å². The largest absolute Gasteiger partial charge is 0.355 e. The molecule has 19 heavy (non-hydrogen) atoms. The van der Waals surface area contributed by atoms with E-state index >= 15 is 0 Å². The van der Waals surface area contributed by atoms with Crippen molar-refractivity contribution < 1.29 is 13.6 Å². The van der Waals surface area contributed by atoms with Crippen LogP contribution in [0.2, 0.25) is 0 Å². The smallest absolute Gasteiger partial charge is 0.225 e. The summed E-state index contributed by atoms with van der Waals surface area (Å²) in [5.41, 5.74) is 0.00538. The van der Waals surface area contributed by atoms with Gasteiger partial charge in [0.1, 0.15) is 11.6 Å². The zero-order chi connectivity index (χ0) is 14.5. The molecule has 2 nitrogen and oxygen atoms in total. The van der Waals surface area contributed by atoms with Gasteiger partial charge in [-0.3, -0.25) is 4.79 Å². The van der Waals surface area contributed by atoms with E-state index in [9.17, 15) is 13.6 Å². The average molecular weight is 269 g/mol. The number of amides is 1. The monoisotopic (exact) mass is 269 g/mol. The van der Waals surface area contributed by atoms with Crippen molar-refractivity contribution in [3.8, 4) is 0 Å². The van der Waals surface area contributed by atoms with Gasteiger partial charge in [0.05, 0.1) is 0 Å². The lowest BCUT2D eigenvalue weighted by Gasteiger charge is -2.22. The van der Waals surface area contributed by atoms with E-state index in [4.69, 9.17) is 0 Å². The van der Waals surface area contributed by atoms with Crippen LogP contribution < -0.4 is 5.32 Å². The van der Waals surface area contributed by atoms with Crippen molar-refractivity contribution in [3.63, 3.8) is 0 Å². The molecule has 1 aromatic carbocycles. The van der Waals surface area contributed by atoms with E-state index < -0.39 is 17.0 Å². The third-order valence-corrected chi connectivity index (χ3v) is 3.18. The standard InChI is InChI=1S/C15H21F2NO/c1-4-8-15(2,3)14(19)18-9-7-11-5-6-12(16)10-13(11)17/h5-6,10H,4,7-9H2,1-3H3,(H,18,19). The van der Waals surface area contributed by atoms with Gasteiger partial charge in [-0.05, 0) is 24.5 Å². The predicted octanol–water partition coefficient (Wildman–Crippen LogP) is 3.45. The van der Waals surface area contributed by atoms with Crippen LogP contribution in [0.25, 0.3) is 0 Å². The van der Waals surface area contributed by atoms with Gasteiger partial charge in [-0.25, -0.2) is 8.78 Å². The molecule has 1 rings (SSSR count). The highest BCUT2D eigenvalue weighted by Crippen LogP contribution is 2.22. The van der Waals surface area contributed by atoms with Crippen LogP contribution in [0, 0.1) is 17.0 Å². The van der Waals surface area contributed by atoms with Crippen molar-refractivity contribution in [2.75, 3.05) is 6.54 Å². The van der Waals surface area contributed by atoms with Crippen molar-refractivity contribution in [1.29, 1.82) is 0 Å². The Morgan fingerprint density at radius 1 is 1.32 bits per heavy atom. The number of halogens is 2. The molecule has 0 bridgehead atoms. The molecule has 0 aromatic heterocycles. The first-order valence-corrected chi connectivity index (χ1v) is 6.59. The van der Waals surface area contributed by atoms with E-state index in [1.54, 1.807) is 0 Å². The Bertz CT molecular complexity index is 444. The fourth-order valence-corrected chi connectivity index (χ4v) is 2.01. The minimum atomic E-state index is -0.589. The molecule has 0 aliphatic rings. The van der Waals surface area contributed by atoms with Gasteiger partial charge in [0.15, 0.2) is 0 Å². The van der Waals surface area contributed by atoms with Crippen LogP contribution >= 0.6 is 0 Å². The summed E-state index contributed by atoms with van der Waals surface area (Å²) in [5, 5.41) is 2.80. The Morgan fingerprint density at radius 2 is 2.00 bits per heavy atom. The maximum Gasteiger partial charge on any atom is 0.225 e. The molecule has 0 spiro atoms. The van der Waals surface area contributed by atoms with E-state index in [-0.39, 0.29) is 5.91 Å². The number of carbonyl (C=O) groups is 1. The van der Waals surface area contributed by atoms with Crippen LogP contribution in [0.5, 0.6) is 0 Å². The van der Waals surface area contributed by atoms with E-state index in [1.807, 2.05) is 20.8 Å². The fraction of sp³-hybridized carbons (Fsp3) is 0.533. The quantitative estimate of drug-likeness (QED) is 0.842. The number of hydrogen-bond donors (Lipinski definition) is 1. The van der Waals surface area contributed by atoms with Crippen molar-refractivity contribution in [3.05, 3.63) is 35.4 Å². The molecule has 106 valence electrons. The van der Waals surface area contributed by atoms with Crippen molar-refractivity contribution in [2.24, 2.45) is 5.41 Å².